The number of halogens is 1. The van der Waals surface area contributed by atoms with Crippen molar-refractivity contribution in [3.8, 4) is 6.07 Å². The highest BCUT2D eigenvalue weighted by Crippen LogP contribution is 2.20. The molecule has 0 atom stereocenters. The third-order valence-corrected chi connectivity index (χ3v) is 3.56. The standard InChI is InChI=1S/C18H15ClN2O/c1-12-4-3-5-14(8-12)9-15(11-20)18(22)21-16-7-6-13(2)17(19)10-16/h3-10H,1-2H3,(H,21,22)/b15-9-. The van der Waals surface area contributed by atoms with E-state index in [1.54, 1.807) is 18.2 Å². The Hall–Kier alpha value is -2.57. The van der Waals surface area contributed by atoms with E-state index < -0.39 is 5.91 Å². The maximum absolute atomic E-state index is 12.2. The Labute approximate surface area is 134 Å². The summed E-state index contributed by atoms with van der Waals surface area (Å²) in [5, 5.41) is 12.4. The van der Waals surface area contributed by atoms with Crippen molar-refractivity contribution < 1.29 is 4.79 Å². The number of hydrogen-bond donors (Lipinski definition) is 1. The van der Waals surface area contributed by atoms with Gasteiger partial charge in [0, 0.05) is 10.7 Å². The van der Waals surface area contributed by atoms with E-state index in [-0.39, 0.29) is 5.57 Å². The lowest BCUT2D eigenvalue weighted by Gasteiger charge is -2.06. The third kappa shape index (κ3) is 3.97. The van der Waals surface area contributed by atoms with E-state index in [4.69, 9.17) is 11.6 Å². The van der Waals surface area contributed by atoms with Gasteiger partial charge in [-0.1, -0.05) is 47.5 Å². The van der Waals surface area contributed by atoms with Gasteiger partial charge >= 0.3 is 0 Å². The molecule has 2 rings (SSSR count). The number of rotatable bonds is 3. The fraction of sp³-hybridized carbons (Fsp3) is 0.111. The molecule has 22 heavy (non-hydrogen) atoms. The Morgan fingerprint density at radius 2 is 2.00 bits per heavy atom. The number of nitriles is 1. The molecule has 2 aromatic carbocycles. The Morgan fingerprint density at radius 3 is 2.64 bits per heavy atom. The Morgan fingerprint density at radius 1 is 1.23 bits per heavy atom. The molecule has 0 aliphatic heterocycles. The molecule has 0 saturated carbocycles. The molecule has 1 N–H and O–H groups in total. The molecule has 0 aliphatic carbocycles. The summed E-state index contributed by atoms with van der Waals surface area (Å²) >= 11 is 6.03. The van der Waals surface area contributed by atoms with E-state index in [2.05, 4.69) is 5.32 Å². The summed E-state index contributed by atoms with van der Waals surface area (Å²) in [4.78, 5) is 12.2. The van der Waals surface area contributed by atoms with Crippen LogP contribution in [0.4, 0.5) is 5.69 Å². The fourth-order valence-corrected chi connectivity index (χ4v) is 2.12. The van der Waals surface area contributed by atoms with E-state index in [9.17, 15) is 10.1 Å². The molecule has 1 amide bonds. The van der Waals surface area contributed by atoms with Crippen molar-refractivity contribution in [1.82, 2.24) is 0 Å². The van der Waals surface area contributed by atoms with E-state index in [1.165, 1.54) is 0 Å². The van der Waals surface area contributed by atoms with Crippen LogP contribution in [0.5, 0.6) is 0 Å². The SMILES string of the molecule is Cc1cccc(/C=C(/C#N)C(=O)Nc2ccc(C)c(Cl)c2)c1. The van der Waals surface area contributed by atoms with Crippen LogP contribution in [-0.2, 0) is 4.79 Å². The topological polar surface area (TPSA) is 52.9 Å². The van der Waals surface area contributed by atoms with Crippen LogP contribution in [0.25, 0.3) is 6.08 Å². The van der Waals surface area contributed by atoms with Crippen molar-refractivity contribution in [1.29, 1.82) is 5.26 Å². The molecule has 2 aromatic rings. The average Bonchev–Trinajstić information content (AvgIpc) is 2.48. The molecule has 0 aliphatic rings. The minimum Gasteiger partial charge on any atom is -0.321 e. The molecular weight excluding hydrogens is 296 g/mol. The van der Waals surface area contributed by atoms with Gasteiger partial charge in [0.2, 0.25) is 0 Å². The van der Waals surface area contributed by atoms with Crippen LogP contribution >= 0.6 is 11.6 Å². The summed E-state index contributed by atoms with van der Waals surface area (Å²) < 4.78 is 0. The fourth-order valence-electron chi connectivity index (χ4n) is 1.94. The van der Waals surface area contributed by atoms with Gasteiger partial charge in [0.15, 0.2) is 0 Å². The summed E-state index contributed by atoms with van der Waals surface area (Å²) in [6, 6.07) is 14.8. The summed E-state index contributed by atoms with van der Waals surface area (Å²) in [5.74, 6) is -0.455. The molecular formula is C18H15ClN2O. The molecule has 0 spiro atoms. The first-order valence-corrected chi connectivity index (χ1v) is 7.13. The molecule has 110 valence electrons. The van der Waals surface area contributed by atoms with Crippen LogP contribution in [0, 0.1) is 25.2 Å². The van der Waals surface area contributed by atoms with Gasteiger partial charge in [-0.3, -0.25) is 4.79 Å². The monoisotopic (exact) mass is 310 g/mol. The van der Waals surface area contributed by atoms with Gasteiger partial charge in [-0.05, 0) is 43.2 Å². The van der Waals surface area contributed by atoms with Gasteiger partial charge in [-0.2, -0.15) is 5.26 Å². The Kier molecular flexibility index (Phi) is 4.98. The van der Waals surface area contributed by atoms with Gasteiger partial charge < -0.3 is 5.32 Å². The predicted molar refractivity (Wildman–Crippen MR) is 89.6 cm³/mol. The quantitative estimate of drug-likeness (QED) is 0.670. The van der Waals surface area contributed by atoms with Gasteiger partial charge in [0.25, 0.3) is 5.91 Å². The third-order valence-electron chi connectivity index (χ3n) is 3.15. The average molecular weight is 311 g/mol. The Bertz CT molecular complexity index is 788. The van der Waals surface area contributed by atoms with Gasteiger partial charge in [0.1, 0.15) is 11.6 Å². The second-order valence-corrected chi connectivity index (χ2v) is 5.41. The second-order valence-electron chi connectivity index (χ2n) is 5.00. The first kappa shape index (κ1) is 15.8. The minimum atomic E-state index is -0.455. The molecule has 0 heterocycles. The number of anilines is 1. The zero-order valence-electron chi connectivity index (χ0n) is 12.4. The van der Waals surface area contributed by atoms with Crippen molar-refractivity contribution in [2.45, 2.75) is 13.8 Å². The lowest BCUT2D eigenvalue weighted by Crippen LogP contribution is -2.13. The number of benzene rings is 2. The molecule has 4 heteroatoms. The van der Waals surface area contributed by atoms with Crippen LogP contribution in [0.2, 0.25) is 5.02 Å². The number of aryl methyl sites for hydroxylation is 2. The number of hydrogen-bond acceptors (Lipinski definition) is 2. The first-order chi connectivity index (χ1) is 10.5. The minimum absolute atomic E-state index is 0.0438. The summed E-state index contributed by atoms with van der Waals surface area (Å²) in [5.41, 5.74) is 3.41. The van der Waals surface area contributed by atoms with E-state index in [0.717, 1.165) is 16.7 Å². The Balaban J connectivity index is 2.22. The van der Waals surface area contributed by atoms with Crippen molar-refractivity contribution >= 4 is 29.3 Å². The predicted octanol–water partition coefficient (Wildman–Crippen LogP) is 4.50. The molecule has 0 unspecified atom stereocenters. The molecule has 0 aromatic heterocycles. The van der Waals surface area contributed by atoms with Gasteiger partial charge in [0.05, 0.1) is 0 Å². The van der Waals surface area contributed by atoms with Crippen molar-refractivity contribution in [2.24, 2.45) is 0 Å². The molecule has 0 fully saturated rings. The number of nitrogens with one attached hydrogen (secondary N) is 1. The maximum atomic E-state index is 12.2. The summed E-state index contributed by atoms with van der Waals surface area (Å²) in [7, 11) is 0. The maximum Gasteiger partial charge on any atom is 0.266 e. The zero-order chi connectivity index (χ0) is 16.1. The van der Waals surface area contributed by atoms with Crippen LogP contribution in [0.3, 0.4) is 0 Å². The molecule has 0 bridgehead atoms. The lowest BCUT2D eigenvalue weighted by molar-refractivity contribution is -0.112. The molecule has 0 saturated heterocycles. The van der Waals surface area contributed by atoms with Gasteiger partial charge in [-0.15, -0.1) is 0 Å². The van der Waals surface area contributed by atoms with Crippen molar-refractivity contribution in [3.05, 3.63) is 69.8 Å². The lowest BCUT2D eigenvalue weighted by atomic mass is 10.1. The van der Waals surface area contributed by atoms with Crippen LogP contribution in [0.15, 0.2) is 48.0 Å². The van der Waals surface area contributed by atoms with Crippen LogP contribution in [0.1, 0.15) is 16.7 Å². The highest BCUT2D eigenvalue weighted by Gasteiger charge is 2.10. The largest absolute Gasteiger partial charge is 0.321 e. The number of nitrogens with zero attached hydrogens (tertiary/aromatic N) is 1. The normalized spacial score (nSPS) is 10.9. The molecule has 0 radical (unpaired) electrons. The smallest absolute Gasteiger partial charge is 0.266 e. The van der Waals surface area contributed by atoms with Crippen LogP contribution in [-0.4, -0.2) is 5.91 Å². The van der Waals surface area contributed by atoms with Gasteiger partial charge in [-0.25, -0.2) is 0 Å². The highest BCUT2D eigenvalue weighted by molar-refractivity contribution is 6.31. The first-order valence-electron chi connectivity index (χ1n) is 6.75. The second kappa shape index (κ2) is 6.93. The number of amides is 1. The van der Waals surface area contributed by atoms with E-state index in [1.807, 2.05) is 50.2 Å². The van der Waals surface area contributed by atoms with Crippen LogP contribution < -0.4 is 5.32 Å². The summed E-state index contributed by atoms with van der Waals surface area (Å²) in [6.07, 6.45) is 1.57. The highest BCUT2D eigenvalue weighted by atomic mass is 35.5. The van der Waals surface area contributed by atoms with E-state index >= 15 is 0 Å². The zero-order valence-corrected chi connectivity index (χ0v) is 13.1. The van der Waals surface area contributed by atoms with Crippen molar-refractivity contribution in [2.75, 3.05) is 5.32 Å². The molecule has 3 nitrogen and oxygen atoms in total. The van der Waals surface area contributed by atoms with Crippen molar-refractivity contribution in [3.63, 3.8) is 0 Å². The summed E-state index contributed by atoms with van der Waals surface area (Å²) in [6.45, 7) is 3.84. The van der Waals surface area contributed by atoms with E-state index in [0.29, 0.717) is 10.7 Å². The number of carbonyl (C=O) groups excluding carboxylic acids is 1. The number of carbonyl (C=O) groups is 1.